The Morgan fingerprint density at radius 1 is 1.22 bits per heavy atom. The van der Waals surface area contributed by atoms with Gasteiger partial charge in [0.25, 0.3) is 0 Å². The molecule has 2 rings (SSSR count). The van der Waals surface area contributed by atoms with E-state index in [4.69, 9.17) is 4.74 Å². The Morgan fingerprint density at radius 3 is 2.61 bits per heavy atom. The van der Waals surface area contributed by atoms with E-state index < -0.39 is 11.8 Å². The van der Waals surface area contributed by atoms with E-state index in [1.165, 1.54) is 25.3 Å². The molecule has 0 aliphatic carbocycles. The summed E-state index contributed by atoms with van der Waals surface area (Å²) < 4.78 is 18.1. The summed E-state index contributed by atoms with van der Waals surface area (Å²) in [5.41, 5.74) is 1.47. The highest BCUT2D eigenvalue weighted by atomic mass is 19.1. The van der Waals surface area contributed by atoms with Gasteiger partial charge in [-0.05, 0) is 36.2 Å². The Morgan fingerprint density at radius 2 is 2.00 bits per heavy atom. The molecule has 0 aliphatic heterocycles. The smallest absolute Gasteiger partial charge is 0.313 e. The molecule has 0 aliphatic rings. The molecular formula is C16H16FN3O3. The van der Waals surface area contributed by atoms with Crippen LogP contribution in [-0.4, -0.2) is 23.9 Å². The molecule has 2 aromatic rings. The van der Waals surface area contributed by atoms with E-state index in [0.29, 0.717) is 17.1 Å². The Bertz CT molecular complexity index is 717. The summed E-state index contributed by atoms with van der Waals surface area (Å²) in [6, 6.07) is 7.46. The van der Waals surface area contributed by atoms with Crippen molar-refractivity contribution in [1.29, 1.82) is 0 Å². The van der Waals surface area contributed by atoms with Crippen LogP contribution in [0.1, 0.15) is 11.1 Å². The molecule has 120 valence electrons. The lowest BCUT2D eigenvalue weighted by Gasteiger charge is -2.08. The number of nitrogens with one attached hydrogen (secondary N) is 2. The predicted molar refractivity (Wildman–Crippen MR) is 82.4 cm³/mol. The van der Waals surface area contributed by atoms with Gasteiger partial charge in [-0.25, -0.2) is 9.37 Å². The molecule has 0 spiro atoms. The number of methoxy groups -OCH3 is 1. The number of aryl methyl sites for hydroxylation is 1. The van der Waals surface area contributed by atoms with E-state index in [1.807, 2.05) is 0 Å². The second-order valence-electron chi connectivity index (χ2n) is 4.81. The van der Waals surface area contributed by atoms with E-state index in [-0.39, 0.29) is 12.4 Å². The summed E-state index contributed by atoms with van der Waals surface area (Å²) in [5.74, 6) is -1.52. The second-order valence-corrected chi connectivity index (χ2v) is 4.81. The van der Waals surface area contributed by atoms with Crippen molar-refractivity contribution in [1.82, 2.24) is 10.3 Å². The van der Waals surface area contributed by atoms with Crippen LogP contribution in [0.15, 0.2) is 36.5 Å². The van der Waals surface area contributed by atoms with Crippen LogP contribution < -0.4 is 15.4 Å². The van der Waals surface area contributed by atoms with Crippen molar-refractivity contribution in [2.45, 2.75) is 13.5 Å². The first kappa shape index (κ1) is 16.4. The number of aromatic nitrogens is 1. The number of amides is 2. The van der Waals surface area contributed by atoms with Crippen molar-refractivity contribution in [2.75, 3.05) is 12.4 Å². The van der Waals surface area contributed by atoms with Crippen LogP contribution >= 0.6 is 0 Å². The number of ether oxygens (including phenoxy) is 1. The molecule has 0 radical (unpaired) electrons. The van der Waals surface area contributed by atoms with Crippen LogP contribution in [0, 0.1) is 12.7 Å². The molecule has 23 heavy (non-hydrogen) atoms. The Kier molecular flexibility index (Phi) is 5.24. The number of carbonyl (C=O) groups excluding carboxylic acids is 2. The van der Waals surface area contributed by atoms with Crippen molar-refractivity contribution in [3.05, 3.63) is 53.5 Å². The maximum Gasteiger partial charge on any atom is 0.313 e. The fourth-order valence-electron chi connectivity index (χ4n) is 1.81. The number of benzene rings is 1. The Hall–Kier alpha value is -2.96. The zero-order chi connectivity index (χ0) is 16.8. The molecule has 0 saturated heterocycles. The zero-order valence-electron chi connectivity index (χ0n) is 12.7. The second kappa shape index (κ2) is 7.35. The first-order valence-corrected chi connectivity index (χ1v) is 6.84. The van der Waals surface area contributed by atoms with Crippen molar-refractivity contribution in [2.24, 2.45) is 0 Å². The Balaban J connectivity index is 1.89. The molecule has 1 aromatic carbocycles. The minimum absolute atomic E-state index is 0.158. The summed E-state index contributed by atoms with van der Waals surface area (Å²) in [4.78, 5) is 27.5. The summed E-state index contributed by atoms with van der Waals surface area (Å²) in [6.45, 7) is 1.73. The number of carbonyl (C=O) groups is 2. The van der Waals surface area contributed by atoms with E-state index >= 15 is 0 Å². The van der Waals surface area contributed by atoms with Gasteiger partial charge in [-0.2, -0.15) is 0 Å². The number of nitrogens with zero attached hydrogens (tertiary/aromatic N) is 1. The number of halogens is 1. The molecule has 2 amide bonds. The summed E-state index contributed by atoms with van der Waals surface area (Å²) >= 11 is 0. The zero-order valence-corrected chi connectivity index (χ0v) is 12.7. The molecule has 0 fully saturated rings. The number of hydrogen-bond acceptors (Lipinski definition) is 4. The largest absolute Gasteiger partial charge is 0.481 e. The monoisotopic (exact) mass is 317 g/mol. The molecule has 1 aromatic heterocycles. The predicted octanol–water partition coefficient (Wildman–Crippen LogP) is 1.79. The van der Waals surface area contributed by atoms with Crippen molar-refractivity contribution in [3.8, 4) is 5.88 Å². The number of hydrogen-bond donors (Lipinski definition) is 2. The van der Waals surface area contributed by atoms with Gasteiger partial charge < -0.3 is 15.4 Å². The van der Waals surface area contributed by atoms with Gasteiger partial charge in [0.2, 0.25) is 5.88 Å². The standard InChI is InChI=1S/C16H16FN3O3/c1-10-7-12(4-5-13(10)17)20-16(22)15(21)19-9-11-3-6-14(23-2)18-8-11/h3-8H,9H2,1-2H3,(H,19,21)(H,20,22). The molecule has 0 saturated carbocycles. The lowest BCUT2D eigenvalue weighted by Crippen LogP contribution is -2.35. The molecular weight excluding hydrogens is 301 g/mol. The number of rotatable bonds is 4. The topological polar surface area (TPSA) is 80.3 Å². The minimum atomic E-state index is -0.822. The normalized spacial score (nSPS) is 10.0. The van der Waals surface area contributed by atoms with Gasteiger partial charge in [-0.3, -0.25) is 9.59 Å². The molecule has 0 bridgehead atoms. The van der Waals surface area contributed by atoms with Gasteiger partial charge in [0.15, 0.2) is 0 Å². The van der Waals surface area contributed by atoms with Crippen LogP contribution in [-0.2, 0) is 16.1 Å². The van der Waals surface area contributed by atoms with Crippen LogP contribution in [0.5, 0.6) is 5.88 Å². The molecule has 2 N–H and O–H groups in total. The van der Waals surface area contributed by atoms with Gasteiger partial charge in [0.1, 0.15) is 5.82 Å². The highest BCUT2D eigenvalue weighted by Gasteiger charge is 2.14. The maximum absolute atomic E-state index is 13.2. The van der Waals surface area contributed by atoms with E-state index in [2.05, 4.69) is 15.6 Å². The highest BCUT2D eigenvalue weighted by molar-refractivity contribution is 6.39. The van der Waals surface area contributed by atoms with Gasteiger partial charge in [-0.15, -0.1) is 0 Å². The fraction of sp³-hybridized carbons (Fsp3) is 0.188. The van der Waals surface area contributed by atoms with Gasteiger partial charge in [-0.1, -0.05) is 6.07 Å². The third kappa shape index (κ3) is 4.50. The van der Waals surface area contributed by atoms with Crippen LogP contribution in [0.3, 0.4) is 0 Å². The molecule has 7 heteroatoms. The summed E-state index contributed by atoms with van der Waals surface area (Å²) in [6.07, 6.45) is 1.54. The lowest BCUT2D eigenvalue weighted by molar-refractivity contribution is -0.136. The number of anilines is 1. The quantitative estimate of drug-likeness (QED) is 0.843. The van der Waals surface area contributed by atoms with Crippen LogP contribution in [0.25, 0.3) is 0 Å². The van der Waals surface area contributed by atoms with E-state index in [1.54, 1.807) is 25.3 Å². The summed E-state index contributed by atoms with van der Waals surface area (Å²) in [5, 5.41) is 4.89. The molecule has 1 heterocycles. The van der Waals surface area contributed by atoms with Crippen molar-refractivity contribution < 1.29 is 18.7 Å². The fourth-order valence-corrected chi connectivity index (χ4v) is 1.81. The average molecular weight is 317 g/mol. The molecule has 0 atom stereocenters. The first-order chi connectivity index (χ1) is 11.0. The van der Waals surface area contributed by atoms with Crippen molar-refractivity contribution in [3.63, 3.8) is 0 Å². The highest BCUT2D eigenvalue weighted by Crippen LogP contribution is 2.13. The van der Waals surface area contributed by atoms with Gasteiger partial charge >= 0.3 is 11.8 Å². The van der Waals surface area contributed by atoms with E-state index in [9.17, 15) is 14.0 Å². The third-order valence-electron chi connectivity index (χ3n) is 3.08. The number of pyridine rings is 1. The van der Waals surface area contributed by atoms with Gasteiger partial charge in [0, 0.05) is 24.5 Å². The third-order valence-corrected chi connectivity index (χ3v) is 3.08. The summed E-state index contributed by atoms with van der Waals surface area (Å²) in [7, 11) is 1.51. The SMILES string of the molecule is COc1ccc(CNC(=O)C(=O)Nc2ccc(F)c(C)c2)cn1. The van der Waals surface area contributed by atoms with Gasteiger partial charge in [0.05, 0.1) is 7.11 Å². The first-order valence-electron chi connectivity index (χ1n) is 6.84. The Labute approximate surface area is 132 Å². The maximum atomic E-state index is 13.2. The average Bonchev–Trinajstić information content (AvgIpc) is 2.56. The van der Waals surface area contributed by atoms with Crippen LogP contribution in [0.4, 0.5) is 10.1 Å². The molecule has 6 nitrogen and oxygen atoms in total. The van der Waals surface area contributed by atoms with Crippen LogP contribution in [0.2, 0.25) is 0 Å². The molecule has 0 unspecified atom stereocenters. The lowest BCUT2D eigenvalue weighted by atomic mass is 10.2. The van der Waals surface area contributed by atoms with Crippen molar-refractivity contribution >= 4 is 17.5 Å². The van der Waals surface area contributed by atoms with E-state index in [0.717, 1.165) is 5.56 Å². The minimum Gasteiger partial charge on any atom is -0.481 e.